The van der Waals surface area contributed by atoms with Crippen molar-refractivity contribution in [3.05, 3.63) is 0 Å². The van der Waals surface area contributed by atoms with Gasteiger partial charge in [0.1, 0.15) is 6.04 Å². The second-order valence-corrected chi connectivity index (χ2v) is 5.19. The van der Waals surface area contributed by atoms with Crippen LogP contribution in [0.1, 0.15) is 38.5 Å². The van der Waals surface area contributed by atoms with Crippen LogP contribution in [0, 0.1) is 5.92 Å². The summed E-state index contributed by atoms with van der Waals surface area (Å²) in [5.74, 6) is 0.329. The first kappa shape index (κ1) is 13.3. The molecule has 2 N–H and O–H groups in total. The minimum absolute atomic E-state index is 0.0283. The van der Waals surface area contributed by atoms with Crippen LogP contribution in [0.15, 0.2) is 0 Å². The Morgan fingerprint density at radius 1 is 1.22 bits per heavy atom. The monoisotopic (exact) mass is 254 g/mol. The van der Waals surface area contributed by atoms with Gasteiger partial charge in [-0.05, 0) is 38.5 Å². The number of amides is 2. The second-order valence-electron chi connectivity index (χ2n) is 5.19. The van der Waals surface area contributed by atoms with Crippen molar-refractivity contribution >= 4 is 11.8 Å². The first-order chi connectivity index (χ1) is 8.74. The van der Waals surface area contributed by atoms with Crippen molar-refractivity contribution in [3.8, 4) is 0 Å². The number of nitrogens with one attached hydrogen (secondary N) is 1. The molecule has 0 aromatic rings. The molecule has 18 heavy (non-hydrogen) atoms. The van der Waals surface area contributed by atoms with Crippen LogP contribution in [0.3, 0.4) is 0 Å². The molecule has 1 atom stereocenters. The Morgan fingerprint density at radius 3 is 2.67 bits per heavy atom. The van der Waals surface area contributed by atoms with Gasteiger partial charge in [0.15, 0.2) is 0 Å². The zero-order valence-electron chi connectivity index (χ0n) is 10.7. The molecule has 0 aromatic heterocycles. The molecule has 2 aliphatic rings. The maximum absolute atomic E-state index is 12.0. The number of likely N-dealkylation sites (tertiary alicyclic amines) is 1. The summed E-state index contributed by atoms with van der Waals surface area (Å²) in [6, 6.07) is -0.257. The third kappa shape index (κ3) is 3.22. The molecule has 0 bridgehead atoms. The molecule has 1 saturated carbocycles. The van der Waals surface area contributed by atoms with Gasteiger partial charge in [0, 0.05) is 25.6 Å². The van der Waals surface area contributed by atoms with Gasteiger partial charge < -0.3 is 15.3 Å². The molecule has 5 heteroatoms. The van der Waals surface area contributed by atoms with Crippen LogP contribution in [-0.2, 0) is 9.59 Å². The standard InChI is InChI=1S/C13H22N2O3/c16-9-2-1-7-14-12(17)11-4-3-8-15(11)13(18)10-5-6-10/h10-11,16H,1-9H2,(H,14,17). The summed E-state index contributed by atoms with van der Waals surface area (Å²) in [5.41, 5.74) is 0. The molecule has 1 aliphatic heterocycles. The molecule has 1 unspecified atom stereocenters. The Bertz CT molecular complexity index is 315. The highest BCUT2D eigenvalue weighted by Gasteiger charge is 2.40. The molecule has 2 fully saturated rings. The first-order valence-electron chi connectivity index (χ1n) is 6.93. The summed E-state index contributed by atoms with van der Waals surface area (Å²) < 4.78 is 0. The van der Waals surface area contributed by atoms with Gasteiger partial charge in [-0.1, -0.05) is 0 Å². The van der Waals surface area contributed by atoms with E-state index >= 15 is 0 Å². The van der Waals surface area contributed by atoms with Crippen LogP contribution in [-0.4, -0.2) is 47.6 Å². The van der Waals surface area contributed by atoms with Gasteiger partial charge in [-0.15, -0.1) is 0 Å². The van der Waals surface area contributed by atoms with Crippen molar-refractivity contribution < 1.29 is 14.7 Å². The number of aliphatic hydroxyl groups is 1. The lowest BCUT2D eigenvalue weighted by Gasteiger charge is -2.24. The summed E-state index contributed by atoms with van der Waals surface area (Å²) in [7, 11) is 0. The molecule has 102 valence electrons. The van der Waals surface area contributed by atoms with Gasteiger partial charge in [-0.3, -0.25) is 9.59 Å². The molecular weight excluding hydrogens is 232 g/mol. The Labute approximate surface area is 108 Å². The smallest absolute Gasteiger partial charge is 0.242 e. The zero-order valence-corrected chi connectivity index (χ0v) is 10.7. The van der Waals surface area contributed by atoms with E-state index in [2.05, 4.69) is 5.32 Å². The molecule has 1 aliphatic carbocycles. The van der Waals surface area contributed by atoms with E-state index in [-0.39, 0.29) is 30.4 Å². The fourth-order valence-corrected chi connectivity index (χ4v) is 2.43. The van der Waals surface area contributed by atoms with Gasteiger partial charge in [0.2, 0.25) is 11.8 Å². The van der Waals surface area contributed by atoms with Crippen LogP contribution < -0.4 is 5.32 Å². The van der Waals surface area contributed by atoms with Crippen molar-refractivity contribution in [1.29, 1.82) is 0 Å². The molecule has 1 heterocycles. The van der Waals surface area contributed by atoms with Gasteiger partial charge in [-0.25, -0.2) is 0 Å². The van der Waals surface area contributed by atoms with Crippen molar-refractivity contribution in [1.82, 2.24) is 10.2 Å². The van der Waals surface area contributed by atoms with E-state index in [9.17, 15) is 9.59 Å². The average molecular weight is 254 g/mol. The van der Waals surface area contributed by atoms with Gasteiger partial charge in [0.25, 0.3) is 0 Å². The predicted molar refractivity (Wildman–Crippen MR) is 66.8 cm³/mol. The van der Waals surface area contributed by atoms with Gasteiger partial charge >= 0.3 is 0 Å². The number of carbonyl (C=O) groups excluding carboxylic acids is 2. The van der Waals surface area contributed by atoms with E-state index < -0.39 is 0 Å². The third-order valence-electron chi connectivity index (χ3n) is 3.65. The maximum atomic E-state index is 12.0. The summed E-state index contributed by atoms with van der Waals surface area (Å²) in [5, 5.41) is 11.5. The highest BCUT2D eigenvalue weighted by Crippen LogP contribution is 2.33. The van der Waals surface area contributed by atoms with Gasteiger partial charge in [-0.2, -0.15) is 0 Å². The van der Waals surface area contributed by atoms with E-state index in [4.69, 9.17) is 5.11 Å². The van der Waals surface area contributed by atoms with Crippen molar-refractivity contribution in [2.24, 2.45) is 5.92 Å². The van der Waals surface area contributed by atoms with E-state index in [1.165, 1.54) is 0 Å². The van der Waals surface area contributed by atoms with E-state index in [0.717, 1.165) is 38.6 Å². The summed E-state index contributed by atoms with van der Waals surface area (Å²) >= 11 is 0. The van der Waals surface area contributed by atoms with Crippen LogP contribution in [0.2, 0.25) is 0 Å². The van der Waals surface area contributed by atoms with Crippen LogP contribution in [0.5, 0.6) is 0 Å². The number of nitrogens with zero attached hydrogens (tertiary/aromatic N) is 1. The minimum Gasteiger partial charge on any atom is -0.396 e. The quantitative estimate of drug-likeness (QED) is 0.669. The Morgan fingerprint density at radius 2 is 2.00 bits per heavy atom. The van der Waals surface area contributed by atoms with E-state index in [1.807, 2.05) is 0 Å². The number of hydrogen-bond donors (Lipinski definition) is 2. The molecule has 5 nitrogen and oxygen atoms in total. The van der Waals surface area contributed by atoms with Crippen molar-refractivity contribution in [2.45, 2.75) is 44.6 Å². The molecule has 0 spiro atoms. The van der Waals surface area contributed by atoms with E-state index in [1.54, 1.807) is 4.90 Å². The molecule has 2 amide bonds. The van der Waals surface area contributed by atoms with Gasteiger partial charge in [0.05, 0.1) is 0 Å². The molecule has 0 radical (unpaired) electrons. The van der Waals surface area contributed by atoms with E-state index in [0.29, 0.717) is 13.0 Å². The molecular formula is C13H22N2O3. The fraction of sp³-hybridized carbons (Fsp3) is 0.846. The summed E-state index contributed by atoms with van der Waals surface area (Å²) in [6.07, 6.45) is 5.17. The van der Waals surface area contributed by atoms with Crippen molar-refractivity contribution in [3.63, 3.8) is 0 Å². The predicted octanol–water partition coefficient (Wildman–Crippen LogP) is 0.276. The lowest BCUT2D eigenvalue weighted by molar-refractivity contribution is -0.139. The number of rotatable bonds is 6. The maximum Gasteiger partial charge on any atom is 0.242 e. The minimum atomic E-state index is -0.257. The Kier molecular flexibility index (Phi) is 4.58. The number of carbonyl (C=O) groups is 2. The molecule has 1 saturated heterocycles. The molecule has 2 rings (SSSR count). The highest BCUT2D eigenvalue weighted by molar-refractivity contribution is 5.89. The SMILES string of the molecule is O=C(NCCCCO)C1CCCN1C(=O)C1CC1. The third-order valence-corrected chi connectivity index (χ3v) is 3.65. The normalized spacial score (nSPS) is 23.2. The topological polar surface area (TPSA) is 69.6 Å². The van der Waals surface area contributed by atoms with Crippen molar-refractivity contribution in [2.75, 3.05) is 19.7 Å². The largest absolute Gasteiger partial charge is 0.396 e. The lowest BCUT2D eigenvalue weighted by Crippen LogP contribution is -2.46. The first-order valence-corrected chi connectivity index (χ1v) is 6.93. The van der Waals surface area contributed by atoms with Crippen LogP contribution >= 0.6 is 0 Å². The highest BCUT2D eigenvalue weighted by atomic mass is 16.3. The zero-order chi connectivity index (χ0) is 13.0. The van der Waals surface area contributed by atoms with Crippen LogP contribution in [0.25, 0.3) is 0 Å². The number of unbranched alkanes of at least 4 members (excludes halogenated alkanes) is 1. The Hall–Kier alpha value is -1.10. The Balaban J connectivity index is 1.78. The number of hydrogen-bond acceptors (Lipinski definition) is 3. The summed E-state index contributed by atoms with van der Waals surface area (Å²) in [4.78, 5) is 25.8. The van der Waals surface area contributed by atoms with Crippen LogP contribution in [0.4, 0.5) is 0 Å². The summed E-state index contributed by atoms with van der Waals surface area (Å²) in [6.45, 7) is 1.47. The lowest BCUT2D eigenvalue weighted by atomic mass is 10.2. The molecule has 0 aromatic carbocycles. The number of aliphatic hydroxyl groups excluding tert-OH is 1. The second kappa shape index (κ2) is 6.18. The average Bonchev–Trinajstić information content (AvgIpc) is 3.10. The fourth-order valence-electron chi connectivity index (χ4n) is 2.43.